The summed E-state index contributed by atoms with van der Waals surface area (Å²) in [4.78, 5) is 20.0. The number of oxime groups is 1. The Morgan fingerprint density at radius 3 is 2.59 bits per heavy atom. The van der Waals surface area contributed by atoms with Crippen molar-refractivity contribution in [2.75, 3.05) is 6.54 Å². The molecule has 1 N–H and O–H groups in total. The average Bonchev–Trinajstić information content (AvgIpc) is 3.10. The lowest BCUT2D eigenvalue weighted by Crippen LogP contribution is -2.50. The van der Waals surface area contributed by atoms with Crippen molar-refractivity contribution in [1.29, 1.82) is 0 Å². The Morgan fingerprint density at radius 2 is 1.93 bits per heavy atom. The van der Waals surface area contributed by atoms with Gasteiger partial charge in [-0.05, 0) is 44.5 Å². The zero-order valence-electron chi connectivity index (χ0n) is 16.8. The minimum absolute atomic E-state index is 0.144. The summed E-state index contributed by atoms with van der Waals surface area (Å²) < 4.78 is 14.2. The number of carbonyl (C=O) groups excluding carboxylic acids is 1. The van der Waals surface area contributed by atoms with Crippen LogP contribution in [-0.4, -0.2) is 34.8 Å². The van der Waals surface area contributed by atoms with E-state index in [1.54, 1.807) is 35.2 Å². The van der Waals surface area contributed by atoms with E-state index in [2.05, 4.69) is 10.5 Å². The largest absolute Gasteiger partial charge is 0.390 e. The van der Waals surface area contributed by atoms with Crippen LogP contribution in [0.4, 0.5) is 9.18 Å². The fraction of sp³-hybridized carbons (Fsp3) is 0.364. The Labute approximate surface area is 175 Å². The summed E-state index contributed by atoms with van der Waals surface area (Å²) >= 11 is 5.94. The Kier molecular flexibility index (Phi) is 6.42. The maximum atomic E-state index is 14.2. The van der Waals surface area contributed by atoms with Gasteiger partial charge in [0.25, 0.3) is 0 Å². The number of benzene rings is 2. The molecule has 0 saturated carbocycles. The SMILES string of the molecule is CC(C)(C)NC(=O)N(Cc1ccccc1F)C[C@H]1CC(c2ccc(Cl)cc2)=NO1. The van der Waals surface area contributed by atoms with Crippen LogP contribution in [0, 0.1) is 5.82 Å². The van der Waals surface area contributed by atoms with Gasteiger partial charge in [-0.3, -0.25) is 0 Å². The van der Waals surface area contributed by atoms with Crippen molar-refractivity contribution in [3.05, 3.63) is 70.5 Å². The molecule has 29 heavy (non-hydrogen) atoms. The molecule has 0 unspecified atom stereocenters. The number of carbonyl (C=O) groups is 1. The van der Waals surface area contributed by atoms with Gasteiger partial charge in [-0.25, -0.2) is 9.18 Å². The molecule has 0 saturated heterocycles. The molecule has 1 heterocycles. The highest BCUT2D eigenvalue weighted by molar-refractivity contribution is 6.30. The number of nitrogens with one attached hydrogen (secondary N) is 1. The number of urea groups is 1. The molecule has 0 spiro atoms. The van der Waals surface area contributed by atoms with Gasteiger partial charge in [0.2, 0.25) is 0 Å². The first-order valence-corrected chi connectivity index (χ1v) is 9.88. The normalized spacial score (nSPS) is 16.2. The molecular weight excluding hydrogens is 393 g/mol. The number of halogens is 2. The lowest BCUT2D eigenvalue weighted by molar-refractivity contribution is 0.0578. The van der Waals surface area contributed by atoms with E-state index in [1.807, 2.05) is 32.9 Å². The molecule has 0 radical (unpaired) electrons. The van der Waals surface area contributed by atoms with Crippen LogP contribution in [0.15, 0.2) is 53.7 Å². The van der Waals surface area contributed by atoms with Crippen LogP contribution in [0.1, 0.15) is 38.3 Å². The van der Waals surface area contributed by atoms with Crippen LogP contribution in [0.2, 0.25) is 5.02 Å². The van der Waals surface area contributed by atoms with E-state index in [0.29, 0.717) is 17.0 Å². The molecule has 154 valence electrons. The van der Waals surface area contributed by atoms with Crippen LogP contribution in [0.25, 0.3) is 0 Å². The number of nitrogens with zero attached hydrogens (tertiary/aromatic N) is 2. The Balaban J connectivity index is 1.71. The Bertz CT molecular complexity index is 894. The monoisotopic (exact) mass is 417 g/mol. The maximum Gasteiger partial charge on any atom is 0.318 e. The predicted molar refractivity (Wildman–Crippen MR) is 113 cm³/mol. The number of hydrogen-bond acceptors (Lipinski definition) is 3. The molecule has 2 aromatic rings. The zero-order valence-corrected chi connectivity index (χ0v) is 17.5. The lowest BCUT2D eigenvalue weighted by atomic mass is 10.0. The van der Waals surface area contributed by atoms with Crippen LogP contribution >= 0.6 is 11.6 Å². The Hall–Kier alpha value is -2.60. The highest BCUT2D eigenvalue weighted by atomic mass is 35.5. The van der Waals surface area contributed by atoms with Crippen LogP contribution in [0.3, 0.4) is 0 Å². The number of amides is 2. The number of rotatable bonds is 5. The van der Waals surface area contributed by atoms with Gasteiger partial charge in [0, 0.05) is 22.5 Å². The summed E-state index contributed by atoms with van der Waals surface area (Å²) in [5.74, 6) is -0.341. The van der Waals surface area contributed by atoms with Crippen molar-refractivity contribution in [2.45, 2.75) is 45.4 Å². The van der Waals surface area contributed by atoms with Gasteiger partial charge in [-0.2, -0.15) is 0 Å². The summed E-state index contributed by atoms with van der Waals surface area (Å²) in [7, 11) is 0. The standard InChI is InChI=1S/C22H25ClFN3O2/c1-22(2,3)25-21(28)27(13-16-6-4-5-7-19(16)24)14-18-12-20(26-29-18)15-8-10-17(23)11-9-15/h4-11,18H,12-14H2,1-3H3,(H,25,28)/t18-/m1/s1. The average molecular weight is 418 g/mol. The summed E-state index contributed by atoms with van der Waals surface area (Å²) in [6, 6.07) is 13.6. The van der Waals surface area contributed by atoms with E-state index in [-0.39, 0.29) is 31.0 Å². The van der Waals surface area contributed by atoms with E-state index >= 15 is 0 Å². The van der Waals surface area contributed by atoms with Gasteiger partial charge < -0.3 is 15.1 Å². The maximum absolute atomic E-state index is 14.2. The molecule has 2 aromatic carbocycles. The quantitative estimate of drug-likeness (QED) is 0.745. The molecule has 1 atom stereocenters. The van der Waals surface area contributed by atoms with Gasteiger partial charge in [0.1, 0.15) is 5.82 Å². The summed E-state index contributed by atoms with van der Waals surface area (Å²) in [5, 5.41) is 7.76. The van der Waals surface area contributed by atoms with Gasteiger partial charge in [0.15, 0.2) is 6.10 Å². The molecular formula is C22H25ClFN3O2. The van der Waals surface area contributed by atoms with Gasteiger partial charge in [-0.15, -0.1) is 0 Å². The topological polar surface area (TPSA) is 53.9 Å². The first-order valence-electron chi connectivity index (χ1n) is 9.50. The highest BCUT2D eigenvalue weighted by Crippen LogP contribution is 2.21. The first kappa shape index (κ1) is 21.1. The molecule has 2 amide bonds. The second-order valence-electron chi connectivity index (χ2n) is 8.13. The molecule has 0 fully saturated rings. The van der Waals surface area contributed by atoms with Crippen molar-refractivity contribution in [3.8, 4) is 0 Å². The second kappa shape index (κ2) is 8.82. The Morgan fingerprint density at radius 1 is 1.24 bits per heavy atom. The zero-order chi connectivity index (χ0) is 21.0. The van der Waals surface area contributed by atoms with Gasteiger partial charge >= 0.3 is 6.03 Å². The summed E-state index contributed by atoms with van der Waals surface area (Å²) in [6.45, 7) is 6.14. The van der Waals surface area contributed by atoms with E-state index < -0.39 is 5.54 Å². The van der Waals surface area contributed by atoms with E-state index in [9.17, 15) is 9.18 Å². The first-order chi connectivity index (χ1) is 13.7. The lowest BCUT2D eigenvalue weighted by Gasteiger charge is -2.29. The van der Waals surface area contributed by atoms with E-state index in [4.69, 9.17) is 16.4 Å². The minimum Gasteiger partial charge on any atom is -0.390 e. The third-order valence-corrected chi connectivity index (χ3v) is 4.67. The fourth-order valence-electron chi connectivity index (χ4n) is 3.04. The van der Waals surface area contributed by atoms with Crippen molar-refractivity contribution >= 4 is 23.3 Å². The van der Waals surface area contributed by atoms with Gasteiger partial charge in [0.05, 0.1) is 18.8 Å². The summed E-state index contributed by atoms with van der Waals surface area (Å²) in [5.41, 5.74) is 1.77. The van der Waals surface area contributed by atoms with Crippen molar-refractivity contribution < 1.29 is 14.0 Å². The van der Waals surface area contributed by atoms with Crippen molar-refractivity contribution in [3.63, 3.8) is 0 Å². The summed E-state index contributed by atoms with van der Waals surface area (Å²) in [6.07, 6.45) is 0.247. The van der Waals surface area contributed by atoms with Crippen LogP contribution in [-0.2, 0) is 11.4 Å². The highest BCUT2D eigenvalue weighted by Gasteiger charge is 2.28. The molecule has 7 heteroatoms. The van der Waals surface area contributed by atoms with Crippen LogP contribution < -0.4 is 5.32 Å². The third-order valence-electron chi connectivity index (χ3n) is 4.42. The molecule has 5 nitrogen and oxygen atoms in total. The molecule has 1 aliphatic rings. The molecule has 0 aliphatic carbocycles. The fourth-order valence-corrected chi connectivity index (χ4v) is 3.16. The second-order valence-corrected chi connectivity index (χ2v) is 8.56. The minimum atomic E-state index is -0.411. The van der Waals surface area contributed by atoms with E-state index in [1.165, 1.54) is 6.07 Å². The molecule has 1 aliphatic heterocycles. The van der Waals surface area contributed by atoms with Crippen LogP contribution in [0.5, 0.6) is 0 Å². The van der Waals surface area contributed by atoms with Crippen molar-refractivity contribution in [2.24, 2.45) is 5.16 Å². The predicted octanol–water partition coefficient (Wildman–Crippen LogP) is 4.98. The number of hydrogen-bond donors (Lipinski definition) is 1. The molecule has 0 aromatic heterocycles. The molecule has 0 bridgehead atoms. The third kappa shape index (κ3) is 5.94. The van der Waals surface area contributed by atoms with E-state index in [0.717, 1.165) is 11.3 Å². The molecule has 3 rings (SSSR count). The van der Waals surface area contributed by atoms with Gasteiger partial charge in [-0.1, -0.05) is 47.1 Å². The van der Waals surface area contributed by atoms with Crippen molar-refractivity contribution in [1.82, 2.24) is 10.2 Å². The smallest absolute Gasteiger partial charge is 0.318 e.